The van der Waals surface area contributed by atoms with Crippen molar-refractivity contribution in [1.29, 1.82) is 0 Å². The van der Waals surface area contributed by atoms with Crippen molar-refractivity contribution in [2.45, 2.75) is 18.5 Å². The molecule has 0 aliphatic rings. The molecule has 1 aromatic rings. The highest BCUT2D eigenvalue weighted by Crippen LogP contribution is 2.24. The van der Waals surface area contributed by atoms with Crippen LogP contribution in [0.3, 0.4) is 0 Å². The summed E-state index contributed by atoms with van der Waals surface area (Å²) < 4.78 is 0. The van der Waals surface area contributed by atoms with Crippen LogP contribution in [0.5, 0.6) is 11.5 Å². The standard InChI is InChI=1S/C14H20N2O6S2/c15-10(13(19)20)6-23-24-7-11(14(21)22)16-4-3-8-1-2-9(17)5-12(8)18/h1-2,5,10-11,16-18H,3-4,6-7,15H2,(H,19,20)(H,21,22)/t10-,11-/m0/s1. The minimum atomic E-state index is -1.09. The number of nitrogens with two attached hydrogens (primary N) is 1. The number of phenolic OH excluding ortho intramolecular Hbond substituents is 2. The zero-order chi connectivity index (χ0) is 18.1. The topological polar surface area (TPSA) is 153 Å². The summed E-state index contributed by atoms with van der Waals surface area (Å²) in [6, 6.07) is 2.46. The molecule has 134 valence electrons. The van der Waals surface area contributed by atoms with Crippen molar-refractivity contribution in [3.05, 3.63) is 23.8 Å². The largest absolute Gasteiger partial charge is 0.508 e. The molecule has 1 aromatic carbocycles. The maximum Gasteiger partial charge on any atom is 0.321 e. The number of carboxylic acid groups (broad SMARTS) is 2. The molecule has 0 fully saturated rings. The molecule has 0 unspecified atom stereocenters. The quantitative estimate of drug-likeness (QED) is 0.237. The molecule has 24 heavy (non-hydrogen) atoms. The predicted molar refractivity (Wildman–Crippen MR) is 93.4 cm³/mol. The molecular formula is C14H20N2O6S2. The van der Waals surface area contributed by atoms with Crippen molar-refractivity contribution in [1.82, 2.24) is 5.32 Å². The van der Waals surface area contributed by atoms with Crippen LogP contribution in [0.1, 0.15) is 5.56 Å². The third-order valence-corrected chi connectivity index (χ3v) is 5.48. The van der Waals surface area contributed by atoms with Crippen LogP contribution in [-0.2, 0) is 16.0 Å². The number of phenols is 2. The predicted octanol–water partition coefficient (Wildman–Crippen LogP) is 0.476. The van der Waals surface area contributed by atoms with Gasteiger partial charge in [0.15, 0.2) is 0 Å². The normalized spacial score (nSPS) is 13.4. The van der Waals surface area contributed by atoms with Gasteiger partial charge in [-0.15, -0.1) is 0 Å². The third-order valence-electron chi connectivity index (χ3n) is 3.03. The molecule has 0 radical (unpaired) electrons. The van der Waals surface area contributed by atoms with Gasteiger partial charge in [-0.25, -0.2) is 0 Å². The van der Waals surface area contributed by atoms with E-state index in [-0.39, 0.29) is 23.0 Å². The molecule has 0 aliphatic heterocycles. The fourth-order valence-corrected chi connectivity index (χ4v) is 3.97. The molecule has 0 aromatic heterocycles. The Morgan fingerprint density at radius 1 is 1.12 bits per heavy atom. The average molecular weight is 376 g/mol. The molecular weight excluding hydrogens is 356 g/mol. The number of aromatic hydroxyl groups is 2. The molecule has 8 nitrogen and oxygen atoms in total. The Hall–Kier alpha value is -1.62. The lowest BCUT2D eigenvalue weighted by Gasteiger charge is -2.14. The smallest absolute Gasteiger partial charge is 0.321 e. The Labute approximate surface area is 146 Å². The molecule has 7 N–H and O–H groups in total. The van der Waals surface area contributed by atoms with Gasteiger partial charge in [0.05, 0.1) is 0 Å². The summed E-state index contributed by atoms with van der Waals surface area (Å²) in [5.41, 5.74) is 5.95. The second-order valence-electron chi connectivity index (χ2n) is 4.92. The van der Waals surface area contributed by atoms with Crippen LogP contribution in [0, 0.1) is 0 Å². The molecule has 0 spiro atoms. The second-order valence-corrected chi connectivity index (χ2v) is 7.47. The van der Waals surface area contributed by atoms with E-state index >= 15 is 0 Å². The summed E-state index contributed by atoms with van der Waals surface area (Å²) in [5, 5.41) is 39.6. The van der Waals surface area contributed by atoms with E-state index in [4.69, 9.17) is 10.8 Å². The zero-order valence-electron chi connectivity index (χ0n) is 12.7. The first-order valence-corrected chi connectivity index (χ1v) is 9.50. The van der Waals surface area contributed by atoms with E-state index in [1.807, 2.05) is 0 Å². The Kier molecular flexibility index (Phi) is 8.76. The van der Waals surface area contributed by atoms with Crippen LogP contribution in [0.4, 0.5) is 0 Å². The van der Waals surface area contributed by atoms with Crippen molar-refractivity contribution in [3.63, 3.8) is 0 Å². The minimum Gasteiger partial charge on any atom is -0.508 e. The van der Waals surface area contributed by atoms with Gasteiger partial charge in [0.2, 0.25) is 0 Å². The van der Waals surface area contributed by atoms with Crippen molar-refractivity contribution in [3.8, 4) is 11.5 Å². The van der Waals surface area contributed by atoms with Crippen LogP contribution in [0.2, 0.25) is 0 Å². The molecule has 0 amide bonds. The summed E-state index contributed by atoms with van der Waals surface area (Å²) in [5.74, 6) is -1.76. The molecule has 2 atom stereocenters. The van der Waals surface area contributed by atoms with Gasteiger partial charge in [-0.3, -0.25) is 9.59 Å². The highest BCUT2D eigenvalue weighted by atomic mass is 33.1. The van der Waals surface area contributed by atoms with Gasteiger partial charge in [0, 0.05) is 24.1 Å². The van der Waals surface area contributed by atoms with Gasteiger partial charge >= 0.3 is 11.9 Å². The van der Waals surface area contributed by atoms with E-state index in [2.05, 4.69) is 5.32 Å². The summed E-state index contributed by atoms with van der Waals surface area (Å²) in [6.07, 6.45) is 0.400. The maximum absolute atomic E-state index is 11.2. The van der Waals surface area contributed by atoms with Crippen molar-refractivity contribution in [2.24, 2.45) is 5.73 Å². The van der Waals surface area contributed by atoms with Crippen molar-refractivity contribution < 1.29 is 30.0 Å². The number of carboxylic acids is 2. The SMILES string of the molecule is N[C@@H](CSSC[C@H](NCCc1ccc(O)cc1O)C(=O)O)C(=O)O. The average Bonchev–Trinajstić information content (AvgIpc) is 2.50. The summed E-state index contributed by atoms with van der Waals surface area (Å²) in [7, 11) is 2.44. The third kappa shape index (κ3) is 7.30. The lowest BCUT2D eigenvalue weighted by Crippen LogP contribution is -2.39. The first-order valence-electron chi connectivity index (χ1n) is 7.01. The lowest BCUT2D eigenvalue weighted by atomic mass is 10.1. The Balaban J connectivity index is 2.35. The first kappa shape index (κ1) is 20.4. The molecule has 0 saturated heterocycles. The Morgan fingerprint density at radius 3 is 2.38 bits per heavy atom. The van der Waals surface area contributed by atoms with E-state index in [1.54, 1.807) is 6.07 Å². The van der Waals surface area contributed by atoms with E-state index in [1.165, 1.54) is 33.7 Å². The fourth-order valence-electron chi connectivity index (χ4n) is 1.67. The van der Waals surface area contributed by atoms with Gasteiger partial charge in [0.25, 0.3) is 0 Å². The first-order chi connectivity index (χ1) is 11.3. The molecule has 1 rings (SSSR count). The minimum absolute atomic E-state index is 0.0411. The lowest BCUT2D eigenvalue weighted by molar-refractivity contribution is -0.139. The second kappa shape index (κ2) is 10.3. The number of benzene rings is 1. The highest BCUT2D eigenvalue weighted by molar-refractivity contribution is 8.76. The number of hydrogen-bond acceptors (Lipinski definition) is 8. The molecule has 0 bridgehead atoms. The molecule has 0 heterocycles. The van der Waals surface area contributed by atoms with Gasteiger partial charge in [-0.05, 0) is 18.1 Å². The van der Waals surface area contributed by atoms with Gasteiger partial charge in [-0.2, -0.15) is 0 Å². The van der Waals surface area contributed by atoms with Crippen molar-refractivity contribution >= 4 is 33.5 Å². The number of nitrogens with one attached hydrogen (secondary N) is 1. The highest BCUT2D eigenvalue weighted by Gasteiger charge is 2.18. The number of hydrogen-bond donors (Lipinski definition) is 6. The summed E-state index contributed by atoms with van der Waals surface area (Å²) in [6.45, 7) is 0.329. The molecule has 0 saturated carbocycles. The van der Waals surface area contributed by atoms with E-state index in [0.717, 1.165) is 0 Å². The van der Waals surface area contributed by atoms with Crippen LogP contribution in [-0.4, -0.2) is 62.5 Å². The van der Waals surface area contributed by atoms with Crippen LogP contribution < -0.4 is 11.1 Å². The summed E-state index contributed by atoms with van der Waals surface area (Å²) in [4.78, 5) is 21.8. The van der Waals surface area contributed by atoms with E-state index in [0.29, 0.717) is 18.5 Å². The maximum atomic E-state index is 11.2. The fraction of sp³-hybridized carbons (Fsp3) is 0.429. The number of rotatable bonds is 11. The number of aliphatic carboxylic acids is 2. The van der Waals surface area contributed by atoms with Crippen LogP contribution in [0.25, 0.3) is 0 Å². The number of carbonyl (C=O) groups is 2. The monoisotopic (exact) mass is 376 g/mol. The van der Waals surface area contributed by atoms with E-state index in [9.17, 15) is 24.9 Å². The van der Waals surface area contributed by atoms with Crippen molar-refractivity contribution in [2.75, 3.05) is 18.1 Å². The Bertz CT molecular complexity index is 572. The van der Waals surface area contributed by atoms with E-state index < -0.39 is 24.0 Å². The van der Waals surface area contributed by atoms with Crippen LogP contribution in [0.15, 0.2) is 18.2 Å². The molecule has 10 heteroatoms. The zero-order valence-corrected chi connectivity index (χ0v) is 14.3. The molecule has 0 aliphatic carbocycles. The summed E-state index contributed by atoms with van der Waals surface area (Å²) >= 11 is 0. The Morgan fingerprint density at radius 2 is 1.79 bits per heavy atom. The van der Waals surface area contributed by atoms with Gasteiger partial charge < -0.3 is 31.5 Å². The van der Waals surface area contributed by atoms with Crippen LogP contribution >= 0.6 is 21.6 Å². The van der Waals surface area contributed by atoms with Gasteiger partial charge in [-0.1, -0.05) is 27.7 Å². The van der Waals surface area contributed by atoms with Gasteiger partial charge in [0.1, 0.15) is 23.6 Å².